The second-order valence-electron chi connectivity index (χ2n) is 2.97. The van der Waals surface area contributed by atoms with E-state index in [4.69, 9.17) is 5.73 Å². The van der Waals surface area contributed by atoms with Gasteiger partial charge in [0, 0.05) is 17.1 Å². The SMILES string of the molecule is CCc1ccccc1-c1nsc(N)n1. The standard InChI is InChI=1S/C10H11N3S/c1-2-7-5-3-4-6-8(7)9-12-10(11)14-13-9/h3-6H,2H2,1H3,(H2,11,12,13). The van der Waals surface area contributed by atoms with E-state index in [0.29, 0.717) is 5.13 Å². The molecule has 1 heterocycles. The highest BCUT2D eigenvalue weighted by atomic mass is 32.1. The van der Waals surface area contributed by atoms with Crippen molar-refractivity contribution >= 4 is 16.7 Å². The van der Waals surface area contributed by atoms with Gasteiger partial charge in [-0.05, 0) is 12.0 Å². The first-order chi connectivity index (χ1) is 6.81. The van der Waals surface area contributed by atoms with Crippen molar-refractivity contribution in [1.82, 2.24) is 9.36 Å². The van der Waals surface area contributed by atoms with Gasteiger partial charge in [-0.1, -0.05) is 31.2 Å². The minimum absolute atomic E-state index is 0.519. The number of hydrogen-bond acceptors (Lipinski definition) is 4. The fourth-order valence-corrected chi connectivity index (χ4v) is 1.84. The van der Waals surface area contributed by atoms with Crippen LogP contribution in [0.1, 0.15) is 12.5 Å². The Bertz CT molecular complexity index is 436. The minimum atomic E-state index is 0.519. The van der Waals surface area contributed by atoms with Gasteiger partial charge in [-0.15, -0.1) is 0 Å². The number of hydrogen-bond donors (Lipinski definition) is 1. The number of aromatic nitrogens is 2. The summed E-state index contributed by atoms with van der Waals surface area (Å²) in [5.41, 5.74) is 7.89. The third-order valence-corrected chi connectivity index (χ3v) is 2.62. The summed E-state index contributed by atoms with van der Waals surface area (Å²) in [6, 6.07) is 8.14. The van der Waals surface area contributed by atoms with Gasteiger partial charge in [0.05, 0.1) is 0 Å². The molecule has 1 aromatic carbocycles. The van der Waals surface area contributed by atoms with Crippen molar-refractivity contribution in [3.05, 3.63) is 29.8 Å². The molecule has 0 spiro atoms. The van der Waals surface area contributed by atoms with Gasteiger partial charge in [-0.2, -0.15) is 9.36 Å². The molecule has 2 rings (SSSR count). The van der Waals surface area contributed by atoms with Crippen molar-refractivity contribution in [2.75, 3.05) is 5.73 Å². The predicted octanol–water partition coefficient (Wildman–Crippen LogP) is 2.35. The van der Waals surface area contributed by atoms with E-state index in [1.54, 1.807) is 0 Å². The van der Waals surface area contributed by atoms with Crippen LogP contribution in [-0.2, 0) is 6.42 Å². The van der Waals surface area contributed by atoms with Gasteiger partial charge in [0.1, 0.15) is 0 Å². The first-order valence-corrected chi connectivity index (χ1v) is 5.26. The van der Waals surface area contributed by atoms with Crippen LogP contribution in [-0.4, -0.2) is 9.36 Å². The van der Waals surface area contributed by atoms with Gasteiger partial charge in [0.15, 0.2) is 11.0 Å². The van der Waals surface area contributed by atoms with Crippen LogP contribution in [0.5, 0.6) is 0 Å². The average Bonchev–Trinajstić information content (AvgIpc) is 2.65. The second-order valence-corrected chi connectivity index (χ2v) is 3.75. The molecule has 2 N–H and O–H groups in total. The fourth-order valence-electron chi connectivity index (χ4n) is 1.39. The summed E-state index contributed by atoms with van der Waals surface area (Å²) < 4.78 is 4.20. The molecule has 2 aromatic rings. The molecule has 0 amide bonds. The molecule has 0 fully saturated rings. The van der Waals surface area contributed by atoms with Crippen LogP contribution >= 0.6 is 11.5 Å². The molecule has 0 atom stereocenters. The second kappa shape index (κ2) is 3.75. The zero-order valence-electron chi connectivity index (χ0n) is 7.90. The monoisotopic (exact) mass is 205 g/mol. The Labute approximate surface area is 86.8 Å². The fraction of sp³-hybridized carbons (Fsp3) is 0.200. The summed E-state index contributed by atoms with van der Waals surface area (Å²) in [4.78, 5) is 4.17. The first-order valence-electron chi connectivity index (χ1n) is 4.48. The predicted molar refractivity (Wildman–Crippen MR) is 59.1 cm³/mol. The molecule has 14 heavy (non-hydrogen) atoms. The van der Waals surface area contributed by atoms with Gasteiger partial charge >= 0.3 is 0 Å². The van der Waals surface area contributed by atoms with Crippen LogP contribution in [0.2, 0.25) is 0 Å². The Hall–Kier alpha value is -1.42. The molecule has 0 unspecified atom stereocenters. The van der Waals surface area contributed by atoms with Crippen LogP contribution in [0.25, 0.3) is 11.4 Å². The number of aryl methyl sites for hydroxylation is 1. The van der Waals surface area contributed by atoms with Crippen molar-refractivity contribution in [3.63, 3.8) is 0 Å². The van der Waals surface area contributed by atoms with Gasteiger partial charge in [0.25, 0.3) is 0 Å². The summed E-state index contributed by atoms with van der Waals surface area (Å²) in [5, 5.41) is 0.519. The summed E-state index contributed by atoms with van der Waals surface area (Å²) >= 11 is 1.24. The quantitative estimate of drug-likeness (QED) is 0.818. The molecule has 0 saturated heterocycles. The third-order valence-electron chi connectivity index (χ3n) is 2.08. The van der Waals surface area contributed by atoms with E-state index in [9.17, 15) is 0 Å². The largest absolute Gasteiger partial charge is 0.374 e. The maximum Gasteiger partial charge on any atom is 0.200 e. The summed E-state index contributed by atoms with van der Waals surface area (Å²) in [6.07, 6.45) is 0.981. The van der Waals surface area contributed by atoms with Gasteiger partial charge in [0.2, 0.25) is 0 Å². The summed E-state index contributed by atoms with van der Waals surface area (Å²) in [7, 11) is 0. The molecule has 0 bridgehead atoms. The normalized spacial score (nSPS) is 10.4. The Kier molecular flexibility index (Phi) is 2.45. The number of nitrogen functional groups attached to an aromatic ring is 1. The molecule has 0 aliphatic heterocycles. The molecule has 4 heteroatoms. The number of nitrogens with two attached hydrogens (primary N) is 1. The van der Waals surface area contributed by atoms with E-state index in [-0.39, 0.29) is 0 Å². The van der Waals surface area contributed by atoms with Crippen LogP contribution < -0.4 is 5.73 Å². The number of anilines is 1. The average molecular weight is 205 g/mol. The van der Waals surface area contributed by atoms with Crippen molar-refractivity contribution in [2.45, 2.75) is 13.3 Å². The topological polar surface area (TPSA) is 51.8 Å². The van der Waals surface area contributed by atoms with Crippen LogP contribution in [0.3, 0.4) is 0 Å². The van der Waals surface area contributed by atoms with E-state index in [0.717, 1.165) is 17.8 Å². The lowest BCUT2D eigenvalue weighted by atomic mass is 10.1. The number of nitrogens with zero attached hydrogens (tertiary/aromatic N) is 2. The highest BCUT2D eigenvalue weighted by Crippen LogP contribution is 2.23. The van der Waals surface area contributed by atoms with Crippen molar-refractivity contribution in [1.29, 1.82) is 0 Å². The van der Waals surface area contributed by atoms with Gasteiger partial charge in [-0.25, -0.2) is 0 Å². The van der Waals surface area contributed by atoms with E-state index >= 15 is 0 Å². The molecule has 1 aromatic heterocycles. The summed E-state index contributed by atoms with van der Waals surface area (Å²) in [5.74, 6) is 0.741. The smallest absolute Gasteiger partial charge is 0.200 e. The molecular formula is C10H11N3S. The van der Waals surface area contributed by atoms with E-state index in [2.05, 4.69) is 22.3 Å². The number of benzene rings is 1. The molecular weight excluding hydrogens is 194 g/mol. The Morgan fingerprint density at radius 2 is 2.14 bits per heavy atom. The molecule has 72 valence electrons. The highest BCUT2D eigenvalue weighted by Gasteiger charge is 2.07. The van der Waals surface area contributed by atoms with Crippen LogP contribution in [0, 0.1) is 0 Å². The van der Waals surface area contributed by atoms with Crippen molar-refractivity contribution < 1.29 is 0 Å². The maximum atomic E-state index is 5.55. The number of rotatable bonds is 2. The van der Waals surface area contributed by atoms with Crippen molar-refractivity contribution in [2.24, 2.45) is 0 Å². The Morgan fingerprint density at radius 1 is 1.36 bits per heavy atom. The maximum absolute atomic E-state index is 5.55. The Morgan fingerprint density at radius 3 is 2.79 bits per heavy atom. The van der Waals surface area contributed by atoms with E-state index in [1.807, 2.05) is 18.2 Å². The lowest BCUT2D eigenvalue weighted by molar-refractivity contribution is 1.13. The molecule has 3 nitrogen and oxygen atoms in total. The van der Waals surface area contributed by atoms with Crippen LogP contribution in [0.4, 0.5) is 5.13 Å². The minimum Gasteiger partial charge on any atom is -0.374 e. The molecule has 0 aliphatic carbocycles. The third kappa shape index (κ3) is 1.61. The molecule has 0 saturated carbocycles. The van der Waals surface area contributed by atoms with Gasteiger partial charge < -0.3 is 5.73 Å². The summed E-state index contributed by atoms with van der Waals surface area (Å²) in [6.45, 7) is 2.12. The zero-order valence-corrected chi connectivity index (χ0v) is 8.71. The molecule has 0 radical (unpaired) electrons. The highest BCUT2D eigenvalue weighted by molar-refractivity contribution is 7.09. The lowest BCUT2D eigenvalue weighted by Crippen LogP contribution is -1.89. The lowest BCUT2D eigenvalue weighted by Gasteiger charge is -2.02. The van der Waals surface area contributed by atoms with E-state index in [1.165, 1.54) is 17.1 Å². The Balaban J connectivity index is 2.50. The first kappa shape index (κ1) is 9.15. The molecule has 0 aliphatic rings. The zero-order chi connectivity index (χ0) is 9.97. The van der Waals surface area contributed by atoms with Crippen LogP contribution in [0.15, 0.2) is 24.3 Å². The van der Waals surface area contributed by atoms with Gasteiger partial charge in [-0.3, -0.25) is 0 Å². The van der Waals surface area contributed by atoms with Crippen molar-refractivity contribution in [3.8, 4) is 11.4 Å². The van der Waals surface area contributed by atoms with E-state index < -0.39 is 0 Å².